The van der Waals surface area contributed by atoms with Gasteiger partial charge in [0.05, 0.1) is 5.69 Å². The van der Waals surface area contributed by atoms with Crippen molar-refractivity contribution in [1.29, 1.82) is 0 Å². The Labute approximate surface area is 148 Å². The molecule has 2 heterocycles. The van der Waals surface area contributed by atoms with Crippen molar-refractivity contribution in [2.45, 2.75) is 38.3 Å². The monoisotopic (exact) mass is 385 g/mol. The lowest BCUT2D eigenvalue weighted by Crippen LogP contribution is -2.26. The number of imidazole rings is 1. The maximum Gasteiger partial charge on any atom is 0.258 e. The zero-order chi connectivity index (χ0) is 18.4. The van der Waals surface area contributed by atoms with Crippen molar-refractivity contribution in [3.05, 3.63) is 52.2 Å². The minimum absolute atomic E-state index is 0.0596. The van der Waals surface area contributed by atoms with Crippen molar-refractivity contribution >= 4 is 26.3 Å². The zero-order valence-corrected chi connectivity index (χ0v) is 15.5. The summed E-state index contributed by atoms with van der Waals surface area (Å²) in [7, 11) is -3.93. The first-order valence-corrected chi connectivity index (χ1v) is 9.91. The molecular weight excluding hydrogens is 368 g/mol. The summed E-state index contributed by atoms with van der Waals surface area (Å²) in [6, 6.07) is 3.03. The standard InChI is InChI=1S/C16H17F2N3O2S2/c1-9(2)14-15(21-8-10(3)24-16(21)20-14)25(22,23)19-7-11-4-5-12(17)6-13(11)18/h4-6,8-9,19H,7H2,1-3H3. The number of fused-ring (bicyclic) bond motifs is 1. The average molecular weight is 385 g/mol. The van der Waals surface area contributed by atoms with Gasteiger partial charge in [-0.1, -0.05) is 19.9 Å². The molecule has 0 amide bonds. The minimum atomic E-state index is -3.93. The molecule has 9 heteroatoms. The van der Waals surface area contributed by atoms with Crippen LogP contribution in [0, 0.1) is 18.6 Å². The quantitative estimate of drug-likeness (QED) is 0.730. The number of rotatable bonds is 5. The number of halogens is 2. The number of aryl methyl sites for hydroxylation is 1. The summed E-state index contributed by atoms with van der Waals surface area (Å²) in [6.07, 6.45) is 1.71. The largest absolute Gasteiger partial charge is 0.279 e. The van der Waals surface area contributed by atoms with Crippen LogP contribution in [-0.2, 0) is 16.6 Å². The fourth-order valence-electron chi connectivity index (χ4n) is 2.50. The predicted octanol–water partition coefficient (Wildman–Crippen LogP) is 3.58. The fraction of sp³-hybridized carbons (Fsp3) is 0.312. The van der Waals surface area contributed by atoms with Crippen LogP contribution in [0.2, 0.25) is 0 Å². The van der Waals surface area contributed by atoms with E-state index in [0.717, 1.165) is 17.0 Å². The second-order valence-electron chi connectivity index (χ2n) is 6.01. The van der Waals surface area contributed by atoms with E-state index in [1.165, 1.54) is 17.4 Å². The van der Waals surface area contributed by atoms with Gasteiger partial charge < -0.3 is 0 Å². The highest BCUT2D eigenvalue weighted by atomic mass is 32.2. The van der Waals surface area contributed by atoms with Crippen molar-refractivity contribution in [2.75, 3.05) is 0 Å². The van der Waals surface area contributed by atoms with Gasteiger partial charge in [-0.25, -0.2) is 26.9 Å². The molecule has 134 valence electrons. The SMILES string of the molecule is Cc1cn2c(S(=O)(=O)NCc3ccc(F)cc3F)c(C(C)C)nc2s1. The fourth-order valence-corrected chi connectivity index (χ4v) is 4.83. The second-order valence-corrected chi connectivity index (χ2v) is 8.91. The van der Waals surface area contributed by atoms with Crippen LogP contribution in [0.25, 0.3) is 4.96 Å². The summed E-state index contributed by atoms with van der Waals surface area (Å²) >= 11 is 1.40. The maximum absolute atomic E-state index is 13.7. The highest BCUT2D eigenvalue weighted by Gasteiger charge is 2.27. The van der Waals surface area contributed by atoms with Crippen molar-refractivity contribution < 1.29 is 17.2 Å². The van der Waals surface area contributed by atoms with Crippen LogP contribution in [0.15, 0.2) is 29.4 Å². The molecule has 0 aliphatic carbocycles. The number of benzene rings is 1. The van der Waals surface area contributed by atoms with Gasteiger partial charge in [-0.2, -0.15) is 0 Å². The van der Waals surface area contributed by atoms with E-state index >= 15 is 0 Å². The van der Waals surface area contributed by atoms with Crippen LogP contribution in [0.5, 0.6) is 0 Å². The Morgan fingerprint density at radius 1 is 1.32 bits per heavy atom. The highest BCUT2D eigenvalue weighted by Crippen LogP contribution is 2.29. The summed E-state index contributed by atoms with van der Waals surface area (Å²) in [5, 5.41) is 0.0596. The van der Waals surface area contributed by atoms with E-state index in [4.69, 9.17) is 0 Å². The zero-order valence-electron chi connectivity index (χ0n) is 13.9. The lowest BCUT2D eigenvalue weighted by atomic mass is 10.2. The molecule has 1 N–H and O–H groups in total. The van der Waals surface area contributed by atoms with Crippen molar-refractivity contribution in [3.8, 4) is 0 Å². The van der Waals surface area contributed by atoms with Crippen molar-refractivity contribution in [3.63, 3.8) is 0 Å². The molecule has 0 bridgehead atoms. The number of hydrogen-bond acceptors (Lipinski definition) is 4. The molecule has 0 saturated heterocycles. The molecule has 0 unspecified atom stereocenters. The normalized spacial score (nSPS) is 12.4. The van der Waals surface area contributed by atoms with Crippen molar-refractivity contribution in [2.24, 2.45) is 0 Å². The Kier molecular flexibility index (Phi) is 4.65. The van der Waals surface area contributed by atoms with E-state index in [1.807, 2.05) is 20.8 Å². The number of hydrogen-bond donors (Lipinski definition) is 1. The first-order chi connectivity index (χ1) is 11.7. The predicted molar refractivity (Wildman–Crippen MR) is 92.3 cm³/mol. The second kappa shape index (κ2) is 6.47. The van der Waals surface area contributed by atoms with Crippen LogP contribution in [-0.4, -0.2) is 17.8 Å². The molecule has 3 aromatic rings. The molecule has 25 heavy (non-hydrogen) atoms. The molecule has 1 aromatic carbocycles. The number of nitrogens with one attached hydrogen (secondary N) is 1. The first-order valence-electron chi connectivity index (χ1n) is 7.61. The smallest absolute Gasteiger partial charge is 0.258 e. The van der Waals surface area contributed by atoms with Crippen LogP contribution >= 0.6 is 11.3 Å². The van der Waals surface area contributed by atoms with Gasteiger partial charge in [-0.15, -0.1) is 11.3 Å². The molecule has 5 nitrogen and oxygen atoms in total. The summed E-state index contributed by atoms with van der Waals surface area (Å²) in [4.78, 5) is 5.94. The molecule has 0 radical (unpaired) electrons. The van der Waals surface area contributed by atoms with Gasteiger partial charge in [-0.05, 0) is 18.9 Å². The van der Waals surface area contributed by atoms with Crippen LogP contribution in [0.1, 0.15) is 35.9 Å². The molecular formula is C16H17F2N3O2S2. The van der Waals surface area contributed by atoms with E-state index in [2.05, 4.69) is 9.71 Å². The maximum atomic E-state index is 13.7. The van der Waals surface area contributed by atoms with E-state index < -0.39 is 21.7 Å². The Hall–Kier alpha value is -1.84. The number of thiazole rings is 1. The van der Waals surface area contributed by atoms with E-state index in [-0.39, 0.29) is 23.1 Å². The number of sulfonamides is 1. The summed E-state index contributed by atoms with van der Waals surface area (Å²) < 4.78 is 56.3. The molecule has 0 fully saturated rings. The Balaban J connectivity index is 1.99. The average Bonchev–Trinajstić information content (AvgIpc) is 3.02. The number of aromatic nitrogens is 2. The van der Waals surface area contributed by atoms with Gasteiger partial charge in [0.2, 0.25) is 0 Å². The van der Waals surface area contributed by atoms with Crippen LogP contribution in [0.3, 0.4) is 0 Å². The molecule has 0 atom stereocenters. The van der Waals surface area contributed by atoms with Crippen LogP contribution in [0.4, 0.5) is 8.78 Å². The lowest BCUT2D eigenvalue weighted by Gasteiger charge is -2.10. The molecule has 0 aliphatic rings. The third-order valence-corrected chi connectivity index (χ3v) is 6.03. The summed E-state index contributed by atoms with van der Waals surface area (Å²) in [5.74, 6) is -1.60. The molecule has 0 saturated carbocycles. The summed E-state index contributed by atoms with van der Waals surface area (Å²) in [5.41, 5.74) is 0.525. The van der Waals surface area contributed by atoms with Gasteiger partial charge >= 0.3 is 0 Å². The van der Waals surface area contributed by atoms with Crippen molar-refractivity contribution in [1.82, 2.24) is 14.1 Å². The van der Waals surface area contributed by atoms with E-state index in [1.54, 1.807) is 10.6 Å². The molecule has 2 aromatic heterocycles. The Morgan fingerprint density at radius 3 is 2.68 bits per heavy atom. The van der Waals surface area contributed by atoms with Gasteiger partial charge in [0, 0.05) is 29.2 Å². The first kappa shape index (κ1) is 18.0. The van der Waals surface area contributed by atoms with Gasteiger partial charge in [0.1, 0.15) is 11.6 Å². The van der Waals surface area contributed by atoms with E-state index in [0.29, 0.717) is 10.7 Å². The van der Waals surface area contributed by atoms with Crippen LogP contribution < -0.4 is 4.72 Å². The third-order valence-electron chi connectivity index (χ3n) is 3.69. The summed E-state index contributed by atoms with van der Waals surface area (Å²) in [6.45, 7) is 5.31. The van der Waals surface area contributed by atoms with E-state index in [9.17, 15) is 17.2 Å². The van der Waals surface area contributed by atoms with Gasteiger partial charge in [0.15, 0.2) is 9.99 Å². The third kappa shape index (κ3) is 3.44. The molecule has 0 aliphatic heterocycles. The Morgan fingerprint density at radius 2 is 2.04 bits per heavy atom. The highest BCUT2D eigenvalue weighted by molar-refractivity contribution is 7.89. The number of nitrogens with zero attached hydrogens (tertiary/aromatic N) is 2. The lowest BCUT2D eigenvalue weighted by molar-refractivity contribution is 0.559. The van der Waals surface area contributed by atoms with Gasteiger partial charge in [-0.3, -0.25) is 4.40 Å². The van der Waals surface area contributed by atoms with Gasteiger partial charge in [0.25, 0.3) is 10.0 Å². The Bertz CT molecular complexity index is 1040. The minimum Gasteiger partial charge on any atom is -0.279 e. The topological polar surface area (TPSA) is 63.5 Å². The molecule has 0 spiro atoms. The molecule has 3 rings (SSSR count).